The Morgan fingerprint density at radius 3 is 2.40 bits per heavy atom. The van der Waals surface area contributed by atoms with Gasteiger partial charge in [0.25, 0.3) is 0 Å². The zero-order valence-electron chi connectivity index (χ0n) is 15.1. The van der Waals surface area contributed by atoms with Crippen molar-refractivity contribution in [2.45, 2.75) is 26.7 Å². The number of hydrogen-bond acceptors (Lipinski definition) is 0. The second-order valence-electron chi connectivity index (χ2n) is 7.22. The molecule has 25 heavy (non-hydrogen) atoms. The predicted octanol–water partition coefficient (Wildman–Crippen LogP) is 7.04. The number of benzene rings is 2. The smallest absolute Gasteiger partial charge is 0.00987 e. The van der Waals surface area contributed by atoms with Crippen molar-refractivity contribution < 1.29 is 0 Å². The minimum atomic E-state index is 0.569. The van der Waals surface area contributed by atoms with Gasteiger partial charge in [0.05, 0.1) is 0 Å². The Balaban J connectivity index is 1.82. The van der Waals surface area contributed by atoms with Gasteiger partial charge < -0.3 is 0 Å². The first-order valence-corrected chi connectivity index (χ1v) is 9.12. The maximum atomic E-state index is 4.35. The van der Waals surface area contributed by atoms with E-state index in [9.17, 15) is 0 Å². The van der Waals surface area contributed by atoms with Gasteiger partial charge in [0.15, 0.2) is 0 Å². The third-order valence-electron chi connectivity index (χ3n) is 5.53. The van der Waals surface area contributed by atoms with Crippen LogP contribution in [0.1, 0.15) is 43.4 Å². The lowest BCUT2D eigenvalue weighted by atomic mass is 9.93. The van der Waals surface area contributed by atoms with Crippen LogP contribution in [0.15, 0.2) is 78.9 Å². The van der Waals surface area contributed by atoms with Crippen LogP contribution in [0, 0.1) is 5.92 Å². The van der Waals surface area contributed by atoms with Crippen LogP contribution in [0.25, 0.3) is 22.3 Å². The largest absolute Gasteiger partial charge is 0.0958 e. The Bertz CT molecular complexity index is 950. The highest BCUT2D eigenvalue weighted by atomic mass is 14.3. The quantitative estimate of drug-likeness (QED) is 0.474. The maximum Gasteiger partial charge on any atom is -0.00987 e. The summed E-state index contributed by atoms with van der Waals surface area (Å²) in [5.41, 5.74) is 11.5. The molecule has 0 aliphatic heterocycles. The van der Waals surface area contributed by atoms with Crippen LogP contribution in [0.2, 0.25) is 0 Å². The van der Waals surface area contributed by atoms with Crippen molar-refractivity contribution >= 4 is 11.1 Å². The molecule has 1 atom stereocenters. The van der Waals surface area contributed by atoms with Crippen LogP contribution in [0.5, 0.6) is 0 Å². The number of fused-ring (bicyclic) bond motifs is 3. The molecule has 2 aliphatic carbocycles. The van der Waals surface area contributed by atoms with Gasteiger partial charge in [0, 0.05) is 0 Å². The van der Waals surface area contributed by atoms with Crippen molar-refractivity contribution in [1.82, 2.24) is 0 Å². The fourth-order valence-corrected chi connectivity index (χ4v) is 4.14. The van der Waals surface area contributed by atoms with Crippen molar-refractivity contribution in [2.24, 2.45) is 5.92 Å². The molecular weight excluding hydrogens is 300 g/mol. The van der Waals surface area contributed by atoms with E-state index in [0.29, 0.717) is 5.92 Å². The highest BCUT2D eigenvalue weighted by Crippen LogP contribution is 2.44. The van der Waals surface area contributed by atoms with Crippen LogP contribution in [-0.2, 0) is 0 Å². The fraction of sp³-hybridized carbons (Fsp3) is 0.200. The van der Waals surface area contributed by atoms with E-state index < -0.39 is 0 Å². The summed E-state index contributed by atoms with van der Waals surface area (Å²) in [6.07, 6.45) is 6.77. The SMILES string of the molecule is C=C1C=C(c2ccc3c(c2)C(=C)c2ccccc2-3)C=C(CC)C(C)C1. The standard InChI is InChI=1S/C25H24/c1-5-19-14-21(13-16(2)12-17(19)3)20-10-11-24-23-9-7-6-8-22(23)18(4)25(24)15-20/h6-11,13-15,17H,2,4-5,12H2,1,3H3. The molecule has 0 nitrogen and oxygen atoms in total. The van der Waals surface area contributed by atoms with Crippen molar-refractivity contribution in [3.05, 3.63) is 95.6 Å². The molecule has 0 saturated heterocycles. The summed E-state index contributed by atoms with van der Waals surface area (Å²) in [6, 6.07) is 15.3. The Labute approximate surface area is 150 Å². The first kappa shape index (κ1) is 15.9. The zero-order valence-corrected chi connectivity index (χ0v) is 15.1. The molecule has 0 heterocycles. The minimum absolute atomic E-state index is 0.569. The van der Waals surface area contributed by atoms with Gasteiger partial charge in [-0.3, -0.25) is 0 Å². The molecule has 0 radical (unpaired) electrons. The first-order chi connectivity index (χ1) is 12.1. The molecule has 2 aromatic rings. The molecule has 0 saturated carbocycles. The lowest BCUT2D eigenvalue weighted by Crippen LogP contribution is -1.97. The van der Waals surface area contributed by atoms with Gasteiger partial charge in [-0.15, -0.1) is 0 Å². The molecule has 0 aromatic heterocycles. The molecule has 4 rings (SSSR count). The van der Waals surface area contributed by atoms with Gasteiger partial charge in [-0.1, -0.05) is 86.7 Å². The summed E-state index contributed by atoms with van der Waals surface area (Å²) >= 11 is 0. The zero-order chi connectivity index (χ0) is 17.6. The average Bonchev–Trinajstić information content (AvgIpc) is 2.81. The number of hydrogen-bond donors (Lipinski definition) is 0. The molecule has 124 valence electrons. The Hall–Kier alpha value is -2.60. The molecule has 2 aromatic carbocycles. The Morgan fingerprint density at radius 1 is 0.920 bits per heavy atom. The van der Waals surface area contributed by atoms with Crippen LogP contribution >= 0.6 is 0 Å². The molecule has 0 bridgehead atoms. The molecular formula is C25H24. The molecule has 0 N–H and O–H groups in total. The van der Waals surface area contributed by atoms with Crippen molar-refractivity contribution in [3.63, 3.8) is 0 Å². The van der Waals surface area contributed by atoms with E-state index in [1.165, 1.54) is 44.5 Å². The third-order valence-corrected chi connectivity index (χ3v) is 5.53. The normalized spacial score (nSPS) is 19.0. The van der Waals surface area contributed by atoms with Crippen LogP contribution < -0.4 is 0 Å². The van der Waals surface area contributed by atoms with Gasteiger partial charge in [-0.2, -0.15) is 0 Å². The Kier molecular flexibility index (Phi) is 3.84. The lowest BCUT2D eigenvalue weighted by Gasteiger charge is -2.12. The van der Waals surface area contributed by atoms with Crippen LogP contribution in [0.4, 0.5) is 0 Å². The minimum Gasteiger partial charge on any atom is -0.0958 e. The molecule has 0 heteroatoms. The topological polar surface area (TPSA) is 0 Å². The van der Waals surface area contributed by atoms with E-state index in [1.54, 1.807) is 0 Å². The van der Waals surface area contributed by atoms with Gasteiger partial charge >= 0.3 is 0 Å². The first-order valence-electron chi connectivity index (χ1n) is 9.12. The molecule has 0 spiro atoms. The predicted molar refractivity (Wildman–Crippen MR) is 109 cm³/mol. The van der Waals surface area contributed by atoms with Gasteiger partial charge in [-0.25, -0.2) is 0 Å². The van der Waals surface area contributed by atoms with E-state index in [2.05, 4.69) is 81.6 Å². The monoisotopic (exact) mass is 324 g/mol. The summed E-state index contributed by atoms with van der Waals surface area (Å²) in [6.45, 7) is 13.2. The average molecular weight is 324 g/mol. The second kappa shape index (κ2) is 6.04. The summed E-state index contributed by atoms with van der Waals surface area (Å²) in [4.78, 5) is 0. The van der Waals surface area contributed by atoms with E-state index in [1.807, 2.05) is 0 Å². The highest BCUT2D eigenvalue weighted by Gasteiger charge is 2.22. The molecule has 2 aliphatic rings. The van der Waals surface area contributed by atoms with Crippen LogP contribution in [0.3, 0.4) is 0 Å². The summed E-state index contributed by atoms with van der Waals surface area (Å²) in [7, 11) is 0. The van der Waals surface area contributed by atoms with Crippen LogP contribution in [-0.4, -0.2) is 0 Å². The maximum absolute atomic E-state index is 4.35. The molecule has 0 amide bonds. The van der Waals surface area contributed by atoms with E-state index in [4.69, 9.17) is 0 Å². The third kappa shape index (κ3) is 2.62. The van der Waals surface area contributed by atoms with Gasteiger partial charge in [0.2, 0.25) is 0 Å². The van der Waals surface area contributed by atoms with E-state index in [0.717, 1.165) is 18.4 Å². The number of allylic oxidation sites excluding steroid dienone is 5. The van der Waals surface area contributed by atoms with Crippen molar-refractivity contribution in [3.8, 4) is 11.1 Å². The van der Waals surface area contributed by atoms with Crippen molar-refractivity contribution in [1.29, 1.82) is 0 Å². The fourth-order valence-electron chi connectivity index (χ4n) is 4.14. The van der Waals surface area contributed by atoms with Crippen molar-refractivity contribution in [2.75, 3.05) is 0 Å². The highest BCUT2D eigenvalue weighted by molar-refractivity contribution is 6.01. The summed E-state index contributed by atoms with van der Waals surface area (Å²) in [5.74, 6) is 0.569. The molecule has 1 unspecified atom stereocenters. The van der Waals surface area contributed by atoms with Gasteiger partial charge in [-0.05, 0) is 63.8 Å². The van der Waals surface area contributed by atoms with E-state index in [-0.39, 0.29) is 0 Å². The lowest BCUT2D eigenvalue weighted by molar-refractivity contribution is 0.660. The molecule has 0 fully saturated rings. The van der Waals surface area contributed by atoms with Gasteiger partial charge in [0.1, 0.15) is 0 Å². The second-order valence-corrected chi connectivity index (χ2v) is 7.22. The summed E-state index contributed by atoms with van der Waals surface area (Å²) < 4.78 is 0. The van der Waals surface area contributed by atoms with E-state index >= 15 is 0 Å². The summed E-state index contributed by atoms with van der Waals surface area (Å²) in [5, 5.41) is 0. The Morgan fingerprint density at radius 2 is 1.64 bits per heavy atom. The number of rotatable bonds is 2.